The second kappa shape index (κ2) is 13.7. The SMILES string of the molecule is Cc1ccc(COCC(F)(F)F)c(N2C(=O)CSC2=NC(=O)Nc2ccc(-c3ncn(-c4ccc(OC(F)(F)F)cc4)n3)cc2Br)c1. The number of halogens is 7. The van der Waals surface area contributed by atoms with Crippen molar-refractivity contribution in [3.63, 3.8) is 0 Å². The van der Waals surface area contributed by atoms with Gasteiger partial charge in [0.15, 0.2) is 11.0 Å². The number of amidine groups is 1. The van der Waals surface area contributed by atoms with Gasteiger partial charge < -0.3 is 14.8 Å². The van der Waals surface area contributed by atoms with Crippen LogP contribution >= 0.6 is 27.7 Å². The van der Waals surface area contributed by atoms with Crippen LogP contribution in [0.1, 0.15) is 11.1 Å². The Morgan fingerprint density at radius 1 is 1.06 bits per heavy atom. The summed E-state index contributed by atoms with van der Waals surface area (Å²) in [5.41, 5.74) is 2.59. The fourth-order valence-electron chi connectivity index (χ4n) is 4.27. The lowest BCUT2D eigenvalue weighted by Gasteiger charge is -2.21. The van der Waals surface area contributed by atoms with Crippen molar-refractivity contribution in [2.24, 2.45) is 4.99 Å². The molecule has 0 aliphatic carbocycles. The second-order valence-corrected chi connectivity index (χ2v) is 11.6. The standard InChI is InChI=1S/C29H21BrF6N6O4S/c1-16-2-3-18(12-45-14-28(31,32)33)23(10-16)42-24(43)13-47-27(42)39-26(44)38-22-9-4-17(11-21(22)30)25-37-15-41(40-25)19-5-7-20(8-6-19)46-29(34,35)36/h2-11,15H,12-14H2,1H3,(H,38,44). The van der Waals surface area contributed by atoms with Crippen molar-refractivity contribution in [1.82, 2.24) is 14.8 Å². The fraction of sp³-hybridized carbons (Fsp3) is 0.207. The summed E-state index contributed by atoms with van der Waals surface area (Å²) in [5, 5.41) is 7.01. The van der Waals surface area contributed by atoms with Gasteiger partial charge in [0.05, 0.1) is 29.4 Å². The van der Waals surface area contributed by atoms with E-state index in [0.717, 1.165) is 29.5 Å². The van der Waals surface area contributed by atoms with Gasteiger partial charge in [0.1, 0.15) is 18.7 Å². The van der Waals surface area contributed by atoms with Crippen LogP contribution in [0.5, 0.6) is 5.75 Å². The smallest absolute Gasteiger partial charge is 0.406 e. The third-order valence-electron chi connectivity index (χ3n) is 6.26. The summed E-state index contributed by atoms with van der Waals surface area (Å²) in [6, 6.07) is 13.9. The first kappa shape index (κ1) is 33.9. The van der Waals surface area contributed by atoms with Crippen molar-refractivity contribution in [2.75, 3.05) is 22.6 Å². The van der Waals surface area contributed by atoms with Crippen LogP contribution < -0.4 is 15.0 Å². The lowest BCUT2D eigenvalue weighted by molar-refractivity contribution is -0.274. The molecular weight excluding hydrogens is 722 g/mol. The van der Waals surface area contributed by atoms with Gasteiger partial charge in [-0.25, -0.2) is 14.5 Å². The molecule has 0 unspecified atom stereocenters. The Morgan fingerprint density at radius 3 is 2.49 bits per heavy atom. The Balaban J connectivity index is 1.29. The normalized spacial score (nSPS) is 14.6. The Labute approximate surface area is 274 Å². The monoisotopic (exact) mass is 742 g/mol. The third kappa shape index (κ3) is 8.89. The van der Waals surface area contributed by atoms with E-state index in [-0.39, 0.29) is 28.2 Å². The number of urea groups is 1. The number of amides is 3. The summed E-state index contributed by atoms with van der Waals surface area (Å²) >= 11 is 4.39. The highest BCUT2D eigenvalue weighted by molar-refractivity contribution is 9.10. The average Bonchev–Trinajstić information content (AvgIpc) is 3.61. The van der Waals surface area contributed by atoms with Crippen molar-refractivity contribution in [2.45, 2.75) is 26.1 Å². The molecule has 1 aliphatic heterocycles. The zero-order valence-corrected chi connectivity index (χ0v) is 26.3. The van der Waals surface area contributed by atoms with Crippen molar-refractivity contribution in [3.8, 4) is 22.8 Å². The molecule has 1 aromatic heterocycles. The van der Waals surface area contributed by atoms with Gasteiger partial charge in [-0.3, -0.25) is 9.69 Å². The van der Waals surface area contributed by atoms with Gasteiger partial charge in [0.2, 0.25) is 5.91 Å². The highest BCUT2D eigenvalue weighted by atomic mass is 79.9. The van der Waals surface area contributed by atoms with Gasteiger partial charge in [-0.2, -0.15) is 18.2 Å². The summed E-state index contributed by atoms with van der Waals surface area (Å²) in [4.78, 5) is 35.2. The molecular formula is C29H21BrF6N6O4S. The number of aromatic nitrogens is 3. The van der Waals surface area contributed by atoms with Crippen LogP contribution in [0.2, 0.25) is 0 Å². The van der Waals surface area contributed by atoms with Gasteiger partial charge in [-0.1, -0.05) is 23.9 Å². The molecule has 1 aliphatic rings. The molecule has 0 radical (unpaired) electrons. The molecule has 1 fully saturated rings. The molecule has 47 heavy (non-hydrogen) atoms. The van der Waals surface area contributed by atoms with E-state index in [1.807, 2.05) is 0 Å². The van der Waals surface area contributed by atoms with E-state index in [4.69, 9.17) is 4.74 Å². The minimum absolute atomic E-state index is 0.0353. The largest absolute Gasteiger partial charge is 0.573 e. The summed E-state index contributed by atoms with van der Waals surface area (Å²) < 4.78 is 85.6. The van der Waals surface area contributed by atoms with Gasteiger partial charge in [0.25, 0.3) is 0 Å². The number of hydrogen-bond acceptors (Lipinski definition) is 7. The number of ether oxygens (including phenoxy) is 2. The number of nitrogens with one attached hydrogen (secondary N) is 1. The van der Waals surface area contributed by atoms with Crippen molar-refractivity contribution < 1.29 is 45.4 Å². The molecule has 2 heterocycles. The van der Waals surface area contributed by atoms with E-state index in [2.05, 4.69) is 41.1 Å². The molecule has 1 N–H and O–H groups in total. The van der Waals surface area contributed by atoms with E-state index < -0.39 is 37.7 Å². The van der Waals surface area contributed by atoms with E-state index in [0.29, 0.717) is 27.0 Å². The highest BCUT2D eigenvalue weighted by Gasteiger charge is 2.33. The quantitative estimate of drug-likeness (QED) is 0.185. The molecule has 246 valence electrons. The number of aryl methyl sites for hydroxylation is 1. The van der Waals surface area contributed by atoms with Crippen LogP contribution in [0.25, 0.3) is 17.1 Å². The molecule has 4 aromatic rings. The van der Waals surface area contributed by atoms with E-state index in [9.17, 15) is 35.9 Å². The topological polar surface area (TPSA) is 111 Å². The van der Waals surface area contributed by atoms with Crippen LogP contribution in [0.4, 0.5) is 42.5 Å². The number of hydrogen-bond donors (Lipinski definition) is 1. The third-order valence-corrected chi connectivity index (χ3v) is 7.84. The number of anilines is 2. The summed E-state index contributed by atoms with van der Waals surface area (Å²) in [5.74, 6) is -0.545. The van der Waals surface area contributed by atoms with Crippen LogP contribution in [0.15, 0.2) is 76.5 Å². The molecule has 10 nitrogen and oxygen atoms in total. The molecule has 1 saturated heterocycles. The second-order valence-electron chi connectivity index (χ2n) is 9.83. The van der Waals surface area contributed by atoms with Gasteiger partial charge in [0, 0.05) is 15.6 Å². The number of thioether (sulfide) groups is 1. The number of benzene rings is 3. The molecule has 0 atom stereocenters. The van der Waals surface area contributed by atoms with E-state index in [1.165, 1.54) is 28.0 Å². The average molecular weight is 743 g/mol. The molecule has 3 amide bonds. The van der Waals surface area contributed by atoms with Gasteiger partial charge >= 0.3 is 18.6 Å². The molecule has 5 rings (SSSR count). The van der Waals surface area contributed by atoms with Crippen LogP contribution in [-0.2, 0) is 16.1 Å². The number of alkyl halides is 6. The number of aliphatic imine (C=N–C) groups is 1. The Bertz CT molecular complexity index is 1830. The maximum atomic E-state index is 12.9. The highest BCUT2D eigenvalue weighted by Crippen LogP contribution is 2.33. The van der Waals surface area contributed by atoms with Crippen molar-refractivity contribution in [3.05, 3.63) is 82.6 Å². The first-order valence-electron chi connectivity index (χ1n) is 13.3. The number of carbonyl (C=O) groups excluding carboxylic acids is 2. The van der Waals surface area contributed by atoms with Gasteiger partial charge in [-0.15, -0.1) is 18.3 Å². The summed E-state index contributed by atoms with van der Waals surface area (Å²) in [6.07, 6.45) is -7.95. The first-order chi connectivity index (χ1) is 22.1. The van der Waals surface area contributed by atoms with Crippen molar-refractivity contribution in [1.29, 1.82) is 0 Å². The first-order valence-corrected chi connectivity index (χ1v) is 15.1. The number of rotatable bonds is 8. The van der Waals surface area contributed by atoms with Gasteiger partial charge in [-0.05, 0) is 76.9 Å². The molecule has 0 spiro atoms. The van der Waals surface area contributed by atoms with Crippen LogP contribution in [0.3, 0.4) is 0 Å². The minimum atomic E-state index is -4.81. The maximum Gasteiger partial charge on any atom is 0.573 e. The van der Waals surface area contributed by atoms with E-state index >= 15 is 0 Å². The number of carbonyl (C=O) groups is 2. The molecule has 18 heteroatoms. The van der Waals surface area contributed by atoms with Crippen molar-refractivity contribution >= 4 is 56.2 Å². The molecule has 0 saturated carbocycles. The lowest BCUT2D eigenvalue weighted by atomic mass is 10.1. The Kier molecular flexibility index (Phi) is 9.92. The maximum absolute atomic E-state index is 12.9. The summed E-state index contributed by atoms with van der Waals surface area (Å²) in [7, 11) is 0. The lowest BCUT2D eigenvalue weighted by Crippen LogP contribution is -2.31. The molecule has 3 aromatic carbocycles. The Morgan fingerprint density at radius 2 is 1.81 bits per heavy atom. The predicted octanol–water partition coefficient (Wildman–Crippen LogP) is 7.65. The number of nitrogens with zero attached hydrogens (tertiary/aromatic N) is 5. The predicted molar refractivity (Wildman–Crippen MR) is 164 cm³/mol. The fourth-order valence-corrected chi connectivity index (χ4v) is 5.60. The molecule has 0 bridgehead atoms. The minimum Gasteiger partial charge on any atom is -0.406 e. The Hall–Kier alpha value is -4.42. The zero-order chi connectivity index (χ0) is 33.9. The zero-order valence-electron chi connectivity index (χ0n) is 23.9. The van der Waals surface area contributed by atoms with Crippen LogP contribution in [-0.4, -0.2) is 56.8 Å². The van der Waals surface area contributed by atoms with Crippen LogP contribution in [0, 0.1) is 6.92 Å². The van der Waals surface area contributed by atoms with E-state index in [1.54, 1.807) is 43.3 Å². The summed E-state index contributed by atoms with van der Waals surface area (Å²) in [6.45, 7) is -0.134.